The zero-order chi connectivity index (χ0) is 22.5. The summed E-state index contributed by atoms with van der Waals surface area (Å²) in [5.41, 5.74) is -0.829. The SMILES string of the molecule is C/C(=C\COC(=O)c1ccc([N+](=O)[O-])cc1)CCC(=O)[C@@]1(C)CC[C@H](C(C)(C)O)O1. The lowest BCUT2D eigenvalue weighted by atomic mass is 9.91. The summed E-state index contributed by atoms with van der Waals surface area (Å²) in [7, 11) is 0. The first-order chi connectivity index (χ1) is 13.9. The molecule has 1 saturated heterocycles. The lowest BCUT2D eigenvalue weighted by molar-refractivity contribution is -0.384. The van der Waals surface area contributed by atoms with Crippen LogP contribution in [-0.2, 0) is 14.3 Å². The Labute approximate surface area is 176 Å². The number of Topliss-reactive ketones (excluding diaryl/α,β-unsaturated/α-hetero) is 1. The van der Waals surface area contributed by atoms with Crippen LogP contribution in [0.25, 0.3) is 0 Å². The molecule has 2 rings (SSSR count). The average molecular weight is 419 g/mol. The maximum absolute atomic E-state index is 12.6. The monoisotopic (exact) mass is 419 g/mol. The summed E-state index contributed by atoms with van der Waals surface area (Å²) in [6, 6.07) is 5.19. The van der Waals surface area contributed by atoms with Crippen molar-refractivity contribution in [2.24, 2.45) is 0 Å². The molecule has 1 aliphatic heterocycles. The van der Waals surface area contributed by atoms with E-state index >= 15 is 0 Å². The Kier molecular flexibility index (Phi) is 7.49. The molecule has 0 bridgehead atoms. The van der Waals surface area contributed by atoms with Crippen LogP contribution in [0, 0.1) is 10.1 Å². The van der Waals surface area contributed by atoms with Crippen LogP contribution in [0.2, 0.25) is 0 Å². The molecule has 1 aliphatic rings. The third-order valence-corrected chi connectivity index (χ3v) is 5.37. The number of carbonyl (C=O) groups is 2. The largest absolute Gasteiger partial charge is 0.458 e. The smallest absolute Gasteiger partial charge is 0.338 e. The van der Waals surface area contributed by atoms with Gasteiger partial charge < -0.3 is 14.6 Å². The van der Waals surface area contributed by atoms with Gasteiger partial charge in [0.05, 0.1) is 22.2 Å². The molecule has 2 atom stereocenters. The minimum absolute atomic E-state index is 0.00938. The second-order valence-electron chi connectivity index (χ2n) is 8.41. The van der Waals surface area contributed by atoms with Gasteiger partial charge in [-0.25, -0.2) is 4.79 Å². The number of carbonyl (C=O) groups excluding carboxylic acids is 2. The Balaban J connectivity index is 1.79. The summed E-state index contributed by atoms with van der Waals surface area (Å²) in [6.45, 7) is 7.03. The molecule has 164 valence electrons. The van der Waals surface area contributed by atoms with Gasteiger partial charge in [-0.3, -0.25) is 14.9 Å². The standard InChI is InChI=1S/C22H29NO7/c1-15(5-10-18(24)22(4)13-11-19(30-22)21(2,3)26)12-14-29-20(25)16-6-8-17(9-7-16)23(27)28/h6-9,12,19,26H,5,10-11,13-14H2,1-4H3/b15-12+/t19-,22-/m1/s1. The van der Waals surface area contributed by atoms with Crippen LogP contribution in [0.1, 0.15) is 63.7 Å². The Bertz CT molecular complexity index is 823. The van der Waals surface area contributed by atoms with E-state index in [-0.39, 0.29) is 29.7 Å². The molecule has 1 fully saturated rings. The van der Waals surface area contributed by atoms with Crippen LogP contribution in [0.4, 0.5) is 5.69 Å². The molecule has 1 heterocycles. The highest BCUT2D eigenvalue weighted by Crippen LogP contribution is 2.36. The number of ether oxygens (including phenoxy) is 2. The summed E-state index contributed by atoms with van der Waals surface area (Å²) >= 11 is 0. The Hall–Kier alpha value is -2.58. The first-order valence-corrected chi connectivity index (χ1v) is 9.93. The highest BCUT2D eigenvalue weighted by Gasteiger charge is 2.46. The maximum Gasteiger partial charge on any atom is 0.338 e. The van der Waals surface area contributed by atoms with Crippen molar-refractivity contribution in [1.29, 1.82) is 0 Å². The lowest BCUT2D eigenvalue weighted by Crippen LogP contribution is -2.41. The van der Waals surface area contributed by atoms with E-state index in [0.29, 0.717) is 25.7 Å². The number of nitrogens with zero attached hydrogens (tertiary/aromatic N) is 1. The predicted molar refractivity (Wildman–Crippen MR) is 110 cm³/mol. The fraction of sp³-hybridized carbons (Fsp3) is 0.545. The van der Waals surface area contributed by atoms with Crippen LogP contribution in [0.3, 0.4) is 0 Å². The van der Waals surface area contributed by atoms with Gasteiger partial charge in [0.2, 0.25) is 0 Å². The predicted octanol–water partition coefficient (Wildman–Crippen LogP) is 3.76. The number of ketones is 1. The molecule has 0 amide bonds. The van der Waals surface area contributed by atoms with Crippen LogP contribution < -0.4 is 0 Å². The lowest BCUT2D eigenvalue weighted by Gasteiger charge is -2.29. The van der Waals surface area contributed by atoms with Crippen molar-refractivity contribution in [3.63, 3.8) is 0 Å². The number of non-ortho nitro benzene ring substituents is 1. The number of allylic oxidation sites excluding steroid dienone is 1. The second-order valence-corrected chi connectivity index (χ2v) is 8.41. The molecule has 0 saturated carbocycles. The summed E-state index contributed by atoms with van der Waals surface area (Å²) in [5, 5.41) is 20.7. The number of hydrogen-bond donors (Lipinski definition) is 1. The zero-order valence-electron chi connectivity index (χ0n) is 17.8. The Morgan fingerprint density at radius 1 is 1.33 bits per heavy atom. The molecular formula is C22H29NO7. The number of rotatable bonds is 9. The van der Waals surface area contributed by atoms with E-state index in [1.165, 1.54) is 24.3 Å². The summed E-state index contributed by atoms with van der Waals surface area (Å²) in [5.74, 6) is -0.584. The van der Waals surface area contributed by atoms with Crippen molar-refractivity contribution >= 4 is 17.4 Å². The van der Waals surface area contributed by atoms with Crippen molar-refractivity contribution < 1.29 is 29.1 Å². The third-order valence-electron chi connectivity index (χ3n) is 5.37. The average Bonchev–Trinajstić information content (AvgIpc) is 3.10. The van der Waals surface area contributed by atoms with E-state index in [9.17, 15) is 24.8 Å². The quantitative estimate of drug-likeness (QED) is 0.280. The molecule has 30 heavy (non-hydrogen) atoms. The minimum Gasteiger partial charge on any atom is -0.458 e. The van der Waals surface area contributed by atoms with Gasteiger partial charge in [0, 0.05) is 18.6 Å². The fourth-order valence-corrected chi connectivity index (χ4v) is 3.28. The summed E-state index contributed by atoms with van der Waals surface area (Å²) in [4.78, 5) is 34.7. The van der Waals surface area contributed by atoms with E-state index in [4.69, 9.17) is 9.47 Å². The highest BCUT2D eigenvalue weighted by molar-refractivity contribution is 5.89. The molecule has 0 aromatic heterocycles. The first-order valence-electron chi connectivity index (χ1n) is 9.93. The van der Waals surface area contributed by atoms with Gasteiger partial charge in [-0.15, -0.1) is 0 Å². The van der Waals surface area contributed by atoms with E-state index < -0.39 is 22.1 Å². The molecular weight excluding hydrogens is 390 g/mol. The molecule has 1 aromatic carbocycles. The minimum atomic E-state index is -0.985. The van der Waals surface area contributed by atoms with E-state index in [2.05, 4.69) is 0 Å². The van der Waals surface area contributed by atoms with Crippen LogP contribution in [0.5, 0.6) is 0 Å². The van der Waals surface area contributed by atoms with Crippen LogP contribution in [0.15, 0.2) is 35.9 Å². The normalized spacial score (nSPS) is 22.0. The van der Waals surface area contributed by atoms with Gasteiger partial charge in [0.25, 0.3) is 5.69 Å². The van der Waals surface area contributed by atoms with Crippen LogP contribution in [-0.4, -0.2) is 45.7 Å². The molecule has 8 heteroatoms. The van der Waals surface area contributed by atoms with Gasteiger partial charge in [-0.1, -0.05) is 5.57 Å². The Morgan fingerprint density at radius 3 is 2.50 bits per heavy atom. The molecule has 0 spiro atoms. The fourth-order valence-electron chi connectivity index (χ4n) is 3.28. The van der Waals surface area contributed by atoms with Crippen molar-refractivity contribution in [3.8, 4) is 0 Å². The molecule has 1 aromatic rings. The number of aliphatic hydroxyl groups is 1. The molecule has 1 N–H and O–H groups in total. The van der Waals surface area contributed by atoms with Crippen molar-refractivity contribution in [2.45, 2.75) is 70.7 Å². The molecule has 0 unspecified atom stereocenters. The van der Waals surface area contributed by atoms with Crippen molar-refractivity contribution in [3.05, 3.63) is 51.6 Å². The van der Waals surface area contributed by atoms with Gasteiger partial charge in [-0.2, -0.15) is 0 Å². The van der Waals surface area contributed by atoms with E-state index in [0.717, 1.165) is 5.57 Å². The van der Waals surface area contributed by atoms with E-state index in [1.54, 1.807) is 26.8 Å². The van der Waals surface area contributed by atoms with Gasteiger partial charge in [0.1, 0.15) is 12.2 Å². The number of nitro benzene ring substituents is 1. The van der Waals surface area contributed by atoms with E-state index in [1.807, 2.05) is 6.92 Å². The number of hydrogen-bond acceptors (Lipinski definition) is 7. The van der Waals surface area contributed by atoms with Gasteiger partial charge in [-0.05, 0) is 65.2 Å². The number of benzene rings is 1. The van der Waals surface area contributed by atoms with Gasteiger partial charge in [0.15, 0.2) is 5.78 Å². The zero-order valence-corrected chi connectivity index (χ0v) is 17.8. The first kappa shape index (κ1) is 23.7. The topological polar surface area (TPSA) is 116 Å². The third kappa shape index (κ3) is 6.21. The summed E-state index contributed by atoms with van der Waals surface area (Å²) < 4.78 is 11.0. The second kappa shape index (κ2) is 9.49. The number of esters is 1. The van der Waals surface area contributed by atoms with Crippen molar-refractivity contribution in [1.82, 2.24) is 0 Å². The number of nitro groups is 1. The van der Waals surface area contributed by atoms with Crippen LogP contribution >= 0.6 is 0 Å². The van der Waals surface area contributed by atoms with Crippen molar-refractivity contribution in [2.75, 3.05) is 6.61 Å². The highest BCUT2D eigenvalue weighted by atomic mass is 16.6. The molecule has 0 radical (unpaired) electrons. The van der Waals surface area contributed by atoms with Gasteiger partial charge >= 0.3 is 5.97 Å². The maximum atomic E-state index is 12.6. The molecule has 0 aliphatic carbocycles. The summed E-state index contributed by atoms with van der Waals surface area (Å²) in [6.07, 6.45) is 3.40. The molecule has 8 nitrogen and oxygen atoms in total. The Morgan fingerprint density at radius 2 is 1.97 bits per heavy atom.